The van der Waals surface area contributed by atoms with Crippen LogP contribution in [0.15, 0.2) is 36.0 Å². The highest BCUT2D eigenvalue weighted by atomic mass is 19.4. The Balaban J connectivity index is 1.65. The molecule has 7 atom stereocenters. The van der Waals surface area contributed by atoms with Gasteiger partial charge in [-0.2, -0.15) is 13.2 Å². The summed E-state index contributed by atoms with van der Waals surface area (Å²) in [4.78, 5) is 12.2. The fourth-order valence-electron chi connectivity index (χ4n) is 5.05. The van der Waals surface area contributed by atoms with Gasteiger partial charge in [-0.05, 0) is 51.5 Å². The Morgan fingerprint density at radius 1 is 1.22 bits per heavy atom. The second-order valence-electron chi connectivity index (χ2n) is 11.4. The number of nitrogens with one attached hydrogen (secondary N) is 1. The molecule has 1 spiro atoms. The van der Waals surface area contributed by atoms with Crippen LogP contribution in [0.3, 0.4) is 0 Å². The Bertz CT molecular complexity index is 875. The largest absolute Gasteiger partial charge is 0.416 e. The number of ether oxygens (including phenoxy) is 3. The molecule has 0 aromatic heterocycles. The third-order valence-corrected chi connectivity index (χ3v) is 7.08. The van der Waals surface area contributed by atoms with E-state index in [4.69, 9.17) is 14.2 Å². The van der Waals surface area contributed by atoms with E-state index in [1.54, 1.807) is 0 Å². The van der Waals surface area contributed by atoms with Crippen LogP contribution in [0.25, 0.3) is 0 Å². The van der Waals surface area contributed by atoms with Crippen molar-refractivity contribution >= 4 is 5.91 Å². The van der Waals surface area contributed by atoms with Gasteiger partial charge in [0.15, 0.2) is 0 Å². The average molecular weight is 516 g/mol. The Kier molecular flexibility index (Phi) is 8.80. The minimum Gasteiger partial charge on any atom is -0.387 e. The van der Waals surface area contributed by atoms with Crippen LogP contribution < -0.4 is 5.32 Å². The molecular weight excluding hydrogens is 475 g/mol. The van der Waals surface area contributed by atoms with Crippen LogP contribution in [0.1, 0.15) is 60.8 Å². The summed E-state index contributed by atoms with van der Waals surface area (Å²) in [5.74, 6) is 0.00432. The van der Waals surface area contributed by atoms with E-state index in [0.717, 1.165) is 12.2 Å². The molecule has 0 unspecified atom stereocenters. The molecule has 3 aliphatic heterocycles. The predicted octanol–water partition coefficient (Wildman–Crippen LogP) is 4.63. The summed E-state index contributed by atoms with van der Waals surface area (Å²) in [5, 5.41) is 13.5. The monoisotopic (exact) mass is 515 g/mol. The number of allylic oxidation sites excluding steroid dienone is 3. The summed E-state index contributed by atoms with van der Waals surface area (Å²) in [7, 11) is 0. The summed E-state index contributed by atoms with van der Waals surface area (Å²) in [6, 6.07) is -0.211. The van der Waals surface area contributed by atoms with Crippen molar-refractivity contribution in [3.05, 3.63) is 36.0 Å². The molecule has 0 aliphatic carbocycles. The molecule has 2 N–H and O–H groups in total. The van der Waals surface area contributed by atoms with Gasteiger partial charge in [0.05, 0.1) is 36.0 Å². The van der Waals surface area contributed by atoms with E-state index in [1.165, 1.54) is 12.2 Å². The molecule has 9 heteroatoms. The molecule has 3 fully saturated rings. The molecule has 204 valence electrons. The summed E-state index contributed by atoms with van der Waals surface area (Å²) in [5.41, 5.74) is -2.17. The summed E-state index contributed by atoms with van der Waals surface area (Å²) in [6.45, 7) is 11.7. The molecule has 0 saturated carbocycles. The van der Waals surface area contributed by atoms with E-state index < -0.39 is 41.3 Å². The Labute approximate surface area is 211 Å². The molecule has 0 aromatic carbocycles. The summed E-state index contributed by atoms with van der Waals surface area (Å²) < 4.78 is 58.7. The van der Waals surface area contributed by atoms with E-state index in [1.807, 2.05) is 47.6 Å². The Morgan fingerprint density at radius 3 is 2.47 bits per heavy atom. The first-order valence-electron chi connectivity index (χ1n) is 12.7. The van der Waals surface area contributed by atoms with Gasteiger partial charge < -0.3 is 24.6 Å². The van der Waals surface area contributed by atoms with E-state index in [2.05, 4.69) is 5.32 Å². The Hall–Kier alpha value is -1.68. The van der Waals surface area contributed by atoms with Crippen molar-refractivity contribution < 1.29 is 37.3 Å². The van der Waals surface area contributed by atoms with Crippen LogP contribution >= 0.6 is 0 Å². The molecule has 3 rings (SSSR count). The zero-order chi connectivity index (χ0) is 26.9. The zero-order valence-electron chi connectivity index (χ0n) is 22.0. The van der Waals surface area contributed by atoms with Gasteiger partial charge in [0.2, 0.25) is 5.91 Å². The third kappa shape index (κ3) is 7.43. The second kappa shape index (κ2) is 11.0. The highest BCUT2D eigenvalue weighted by Gasteiger charge is 2.60. The maximum absolute atomic E-state index is 13.8. The number of hydrogen-bond acceptors (Lipinski definition) is 5. The number of epoxide rings is 1. The van der Waals surface area contributed by atoms with Gasteiger partial charge in [-0.3, -0.25) is 4.79 Å². The normalized spacial score (nSPS) is 37.2. The number of aliphatic hydroxyl groups is 1. The molecule has 0 bridgehead atoms. The van der Waals surface area contributed by atoms with E-state index in [9.17, 15) is 23.1 Å². The number of halogens is 3. The molecule has 36 heavy (non-hydrogen) atoms. The first-order chi connectivity index (χ1) is 16.6. The third-order valence-electron chi connectivity index (χ3n) is 7.08. The standard InChI is InChI=1S/C27H40F3NO5/c1-16(2)7-12-23(32)31-20-13-17(3)21(35-18(20)4)10-8-19(27(28,29)30)9-11-22-24(33)26(15-34-26)14-25(5,6)36-22/h7-9,11-12,16-18,20-22,24,33H,10,13-15H2,1-6H3,(H,31,32)/b11-9+,12-7-,19-8-/t17-,18+,20+,21-,22+,24+,26+/m0/s1. The number of amides is 1. The number of carbonyl (C=O) groups excluding carboxylic acids is 1. The number of hydrogen-bond donors (Lipinski definition) is 2. The topological polar surface area (TPSA) is 80.3 Å². The molecule has 0 aromatic rings. The van der Waals surface area contributed by atoms with E-state index >= 15 is 0 Å². The SMILES string of the molecule is CC(C)/C=C\C(=O)N[C@@H]1C[C@H](C)[C@H](C/C=C(/C=C/[C@H]2OC(C)(C)C[C@@]3(CO3)[C@@H]2O)C(F)(F)F)O[C@@H]1C. The molecule has 3 aliphatic rings. The van der Waals surface area contributed by atoms with Crippen molar-refractivity contribution in [3.8, 4) is 0 Å². The fourth-order valence-corrected chi connectivity index (χ4v) is 5.05. The van der Waals surface area contributed by atoms with Crippen molar-refractivity contribution in [3.63, 3.8) is 0 Å². The van der Waals surface area contributed by atoms with Crippen LogP contribution in [0.4, 0.5) is 13.2 Å². The maximum Gasteiger partial charge on any atom is 0.416 e. The smallest absolute Gasteiger partial charge is 0.387 e. The lowest BCUT2D eigenvalue weighted by Crippen LogP contribution is -2.53. The quantitative estimate of drug-likeness (QED) is 0.294. The minimum atomic E-state index is -4.57. The second-order valence-corrected chi connectivity index (χ2v) is 11.4. The van der Waals surface area contributed by atoms with Gasteiger partial charge in [-0.15, -0.1) is 0 Å². The minimum absolute atomic E-state index is 0.0496. The first kappa shape index (κ1) is 28.9. The molecule has 6 nitrogen and oxygen atoms in total. The molecule has 0 radical (unpaired) electrons. The van der Waals surface area contributed by atoms with Crippen molar-refractivity contribution in [2.75, 3.05) is 6.61 Å². The van der Waals surface area contributed by atoms with Gasteiger partial charge in [0, 0.05) is 6.42 Å². The first-order valence-corrected chi connectivity index (χ1v) is 12.7. The lowest BCUT2D eigenvalue weighted by Gasteiger charge is -2.41. The van der Waals surface area contributed by atoms with Crippen molar-refractivity contribution in [1.29, 1.82) is 0 Å². The predicted molar refractivity (Wildman–Crippen MR) is 130 cm³/mol. The van der Waals surface area contributed by atoms with E-state index in [0.29, 0.717) is 19.4 Å². The zero-order valence-corrected chi connectivity index (χ0v) is 22.0. The average Bonchev–Trinajstić information content (AvgIpc) is 3.51. The van der Waals surface area contributed by atoms with Crippen LogP contribution in [-0.4, -0.2) is 65.5 Å². The number of alkyl halides is 3. The number of aliphatic hydroxyl groups excluding tert-OH is 1. The summed E-state index contributed by atoms with van der Waals surface area (Å²) in [6.07, 6.45) is 0.633. The number of rotatable bonds is 7. The summed E-state index contributed by atoms with van der Waals surface area (Å²) >= 11 is 0. The molecule has 1 amide bonds. The Morgan fingerprint density at radius 2 is 1.89 bits per heavy atom. The van der Waals surface area contributed by atoms with Crippen molar-refractivity contribution in [1.82, 2.24) is 5.32 Å². The van der Waals surface area contributed by atoms with Crippen LogP contribution in [-0.2, 0) is 19.0 Å². The fraction of sp³-hybridized carbons (Fsp3) is 0.741. The van der Waals surface area contributed by atoms with Gasteiger partial charge >= 0.3 is 6.18 Å². The van der Waals surface area contributed by atoms with Crippen molar-refractivity contribution in [2.24, 2.45) is 11.8 Å². The molecule has 3 saturated heterocycles. The maximum atomic E-state index is 13.8. The van der Waals surface area contributed by atoms with E-state index in [-0.39, 0.29) is 36.3 Å². The van der Waals surface area contributed by atoms with Gasteiger partial charge in [0.25, 0.3) is 0 Å². The number of carbonyl (C=O) groups is 1. The van der Waals surface area contributed by atoms with Crippen LogP contribution in [0.2, 0.25) is 0 Å². The molecular formula is C27H40F3NO5. The lowest BCUT2D eigenvalue weighted by molar-refractivity contribution is -0.171. The van der Waals surface area contributed by atoms with Crippen molar-refractivity contribution in [2.45, 2.75) is 109 Å². The lowest BCUT2D eigenvalue weighted by atomic mass is 9.83. The van der Waals surface area contributed by atoms with Gasteiger partial charge in [-0.1, -0.05) is 45.1 Å². The van der Waals surface area contributed by atoms with Gasteiger partial charge in [0.1, 0.15) is 17.8 Å². The van der Waals surface area contributed by atoms with Gasteiger partial charge in [-0.25, -0.2) is 0 Å². The van der Waals surface area contributed by atoms with Crippen LogP contribution in [0.5, 0.6) is 0 Å². The highest BCUT2D eigenvalue weighted by molar-refractivity contribution is 5.87. The molecule has 3 heterocycles. The highest BCUT2D eigenvalue weighted by Crippen LogP contribution is 2.46. The van der Waals surface area contributed by atoms with Crippen LogP contribution in [0, 0.1) is 11.8 Å².